The van der Waals surface area contributed by atoms with E-state index in [0.717, 1.165) is 15.4 Å². The van der Waals surface area contributed by atoms with Gasteiger partial charge in [-0.25, -0.2) is 8.42 Å². The van der Waals surface area contributed by atoms with Crippen LogP contribution in [0.4, 0.5) is 5.69 Å². The molecule has 0 radical (unpaired) electrons. The van der Waals surface area contributed by atoms with Gasteiger partial charge in [0, 0.05) is 49.5 Å². The first-order valence-electron chi connectivity index (χ1n) is 9.98. The lowest BCUT2D eigenvalue weighted by atomic mass is 10.1. The van der Waals surface area contributed by atoms with Gasteiger partial charge in [-0.3, -0.25) is 14.9 Å². The highest BCUT2D eigenvalue weighted by Crippen LogP contribution is 2.33. The molecule has 0 bridgehead atoms. The number of benzene rings is 1. The maximum absolute atomic E-state index is 13.4. The largest absolute Gasteiger partial charge is 0.336 e. The highest BCUT2D eigenvalue weighted by Gasteiger charge is 2.35. The summed E-state index contributed by atoms with van der Waals surface area (Å²) in [5, 5.41) is 12.1. The summed E-state index contributed by atoms with van der Waals surface area (Å²) in [6, 6.07) is 9.10. The van der Waals surface area contributed by atoms with Crippen LogP contribution in [0.2, 0.25) is 0 Å². The standard InChI is InChI=1S/C21H22N4O5S2/c1-15-16(2)31-21(23-9-5-6-10-23)19(15)20(26)22-11-13-24(14-12-22)32(29,30)18-8-4-3-7-17(18)25(27)28/h3-10H,11-14H2,1-2H3. The maximum Gasteiger partial charge on any atom is 0.289 e. The number of rotatable bonds is 5. The lowest BCUT2D eigenvalue weighted by Crippen LogP contribution is -2.50. The fourth-order valence-corrected chi connectivity index (χ4v) is 6.46. The fraction of sp³-hybridized carbons (Fsp3) is 0.286. The van der Waals surface area contributed by atoms with E-state index >= 15 is 0 Å². The van der Waals surface area contributed by atoms with Gasteiger partial charge in [0.1, 0.15) is 5.00 Å². The van der Waals surface area contributed by atoms with Crippen molar-refractivity contribution < 1.29 is 18.1 Å². The first kappa shape index (κ1) is 22.2. The summed E-state index contributed by atoms with van der Waals surface area (Å²) in [6.45, 7) is 4.45. The maximum atomic E-state index is 13.4. The van der Waals surface area contributed by atoms with Gasteiger partial charge in [-0.1, -0.05) is 12.1 Å². The minimum atomic E-state index is -4.05. The number of hydrogen-bond donors (Lipinski definition) is 0. The van der Waals surface area contributed by atoms with Gasteiger partial charge in [-0.2, -0.15) is 4.31 Å². The lowest BCUT2D eigenvalue weighted by Gasteiger charge is -2.34. The summed E-state index contributed by atoms with van der Waals surface area (Å²) in [6.07, 6.45) is 3.78. The SMILES string of the molecule is Cc1sc(-n2cccc2)c(C(=O)N2CCN(S(=O)(=O)c3ccccc3[N+](=O)[O-])CC2)c1C. The van der Waals surface area contributed by atoms with Crippen LogP contribution in [0, 0.1) is 24.0 Å². The number of aromatic nitrogens is 1. The molecule has 0 N–H and O–H groups in total. The molecule has 32 heavy (non-hydrogen) atoms. The van der Waals surface area contributed by atoms with Crippen LogP contribution in [0.25, 0.3) is 5.00 Å². The molecule has 3 aromatic rings. The van der Waals surface area contributed by atoms with E-state index in [2.05, 4.69) is 0 Å². The Morgan fingerprint density at radius 3 is 2.28 bits per heavy atom. The number of para-hydroxylation sites is 1. The van der Waals surface area contributed by atoms with Crippen LogP contribution in [0.3, 0.4) is 0 Å². The zero-order valence-corrected chi connectivity index (χ0v) is 19.2. The van der Waals surface area contributed by atoms with E-state index in [-0.39, 0.29) is 37.0 Å². The van der Waals surface area contributed by atoms with Crippen LogP contribution < -0.4 is 0 Å². The molecule has 4 rings (SSSR count). The van der Waals surface area contributed by atoms with Crippen molar-refractivity contribution in [2.45, 2.75) is 18.7 Å². The predicted molar refractivity (Wildman–Crippen MR) is 121 cm³/mol. The summed E-state index contributed by atoms with van der Waals surface area (Å²) in [7, 11) is -4.05. The van der Waals surface area contributed by atoms with Gasteiger partial charge in [0.25, 0.3) is 11.6 Å². The molecule has 1 fully saturated rings. The Labute approximate surface area is 189 Å². The first-order valence-corrected chi connectivity index (χ1v) is 12.2. The molecule has 0 aliphatic carbocycles. The molecule has 1 amide bonds. The summed E-state index contributed by atoms with van der Waals surface area (Å²) < 4.78 is 29.2. The number of carbonyl (C=O) groups excluding carboxylic acids is 1. The molecule has 1 saturated heterocycles. The van der Waals surface area contributed by atoms with E-state index in [4.69, 9.17) is 0 Å². The molecule has 1 aliphatic heterocycles. The molecule has 11 heteroatoms. The summed E-state index contributed by atoms with van der Waals surface area (Å²) >= 11 is 1.54. The second kappa shape index (κ2) is 8.49. The van der Waals surface area contributed by atoms with Crippen LogP contribution >= 0.6 is 11.3 Å². The van der Waals surface area contributed by atoms with E-state index in [0.29, 0.717) is 5.56 Å². The molecule has 1 aromatic carbocycles. The number of carbonyl (C=O) groups is 1. The van der Waals surface area contributed by atoms with Gasteiger partial charge in [-0.05, 0) is 37.6 Å². The van der Waals surface area contributed by atoms with Crippen molar-refractivity contribution in [2.75, 3.05) is 26.2 Å². The van der Waals surface area contributed by atoms with Gasteiger partial charge in [-0.15, -0.1) is 11.3 Å². The fourth-order valence-electron chi connectivity index (χ4n) is 3.77. The quantitative estimate of drug-likeness (QED) is 0.417. The number of thiophene rings is 1. The van der Waals surface area contributed by atoms with Crippen LogP contribution in [-0.2, 0) is 10.0 Å². The molecular formula is C21H22N4O5S2. The number of amides is 1. The molecule has 3 heterocycles. The van der Waals surface area contributed by atoms with Crippen molar-refractivity contribution in [3.05, 3.63) is 74.9 Å². The minimum absolute atomic E-state index is 0.0706. The van der Waals surface area contributed by atoms with E-state index in [1.54, 1.807) is 16.2 Å². The topological polar surface area (TPSA) is 106 Å². The Morgan fingerprint density at radius 1 is 1.03 bits per heavy atom. The number of sulfonamides is 1. The van der Waals surface area contributed by atoms with Gasteiger partial charge >= 0.3 is 0 Å². The molecule has 168 valence electrons. The third-order valence-corrected chi connectivity index (χ3v) is 8.79. The number of nitro groups is 1. The van der Waals surface area contributed by atoms with Gasteiger partial charge in [0.2, 0.25) is 10.0 Å². The van der Waals surface area contributed by atoms with E-state index < -0.39 is 20.6 Å². The molecule has 0 unspecified atom stereocenters. The monoisotopic (exact) mass is 474 g/mol. The molecular weight excluding hydrogens is 452 g/mol. The highest BCUT2D eigenvalue weighted by molar-refractivity contribution is 7.89. The highest BCUT2D eigenvalue weighted by atomic mass is 32.2. The smallest absolute Gasteiger partial charge is 0.289 e. The molecule has 0 saturated carbocycles. The summed E-state index contributed by atoms with van der Waals surface area (Å²) in [5.74, 6) is -0.140. The van der Waals surface area contributed by atoms with Crippen LogP contribution in [0.1, 0.15) is 20.8 Å². The van der Waals surface area contributed by atoms with E-state index in [1.807, 2.05) is 42.9 Å². The molecule has 1 aliphatic rings. The van der Waals surface area contributed by atoms with E-state index in [1.165, 1.54) is 28.6 Å². The average Bonchev–Trinajstić information content (AvgIpc) is 3.42. The Morgan fingerprint density at radius 2 is 1.66 bits per heavy atom. The van der Waals surface area contributed by atoms with Crippen LogP contribution in [0.15, 0.2) is 53.7 Å². The van der Waals surface area contributed by atoms with Crippen molar-refractivity contribution >= 4 is 33.0 Å². The van der Waals surface area contributed by atoms with Crippen molar-refractivity contribution in [1.29, 1.82) is 0 Å². The summed E-state index contributed by atoms with van der Waals surface area (Å²) in [5.41, 5.74) is 1.09. The van der Waals surface area contributed by atoms with Gasteiger partial charge in [0.15, 0.2) is 4.90 Å². The zero-order valence-electron chi connectivity index (χ0n) is 17.6. The van der Waals surface area contributed by atoms with Gasteiger partial charge in [0.05, 0.1) is 10.5 Å². The second-order valence-electron chi connectivity index (χ2n) is 7.47. The predicted octanol–water partition coefficient (Wildman–Crippen LogP) is 3.21. The Balaban J connectivity index is 1.55. The second-order valence-corrected chi connectivity index (χ2v) is 10.6. The minimum Gasteiger partial charge on any atom is -0.336 e. The lowest BCUT2D eigenvalue weighted by molar-refractivity contribution is -0.387. The normalized spacial score (nSPS) is 15.1. The van der Waals surface area contributed by atoms with Crippen molar-refractivity contribution in [3.8, 4) is 5.00 Å². The van der Waals surface area contributed by atoms with E-state index in [9.17, 15) is 23.3 Å². The number of piperazine rings is 1. The van der Waals surface area contributed by atoms with Crippen molar-refractivity contribution in [3.63, 3.8) is 0 Å². The summed E-state index contributed by atoms with van der Waals surface area (Å²) in [4.78, 5) is 26.3. The third kappa shape index (κ3) is 3.83. The molecule has 9 nitrogen and oxygen atoms in total. The molecule has 0 spiro atoms. The third-order valence-electron chi connectivity index (χ3n) is 5.63. The Kier molecular flexibility index (Phi) is 5.89. The average molecular weight is 475 g/mol. The van der Waals surface area contributed by atoms with Crippen LogP contribution in [-0.4, -0.2) is 59.2 Å². The Bertz CT molecular complexity index is 1270. The van der Waals surface area contributed by atoms with Gasteiger partial charge < -0.3 is 9.47 Å². The number of aryl methyl sites for hydroxylation is 1. The number of nitrogens with zero attached hydrogens (tertiary/aromatic N) is 4. The van der Waals surface area contributed by atoms with Crippen molar-refractivity contribution in [1.82, 2.24) is 13.8 Å². The Hall–Kier alpha value is -3.02. The number of nitro benzene ring substituents is 1. The van der Waals surface area contributed by atoms with Crippen molar-refractivity contribution in [2.24, 2.45) is 0 Å². The first-order chi connectivity index (χ1) is 15.2. The molecule has 2 aromatic heterocycles. The molecule has 0 atom stereocenters. The van der Waals surface area contributed by atoms with Crippen LogP contribution in [0.5, 0.6) is 0 Å². The zero-order chi connectivity index (χ0) is 23.0. The number of hydrogen-bond acceptors (Lipinski definition) is 6.